The van der Waals surface area contributed by atoms with Crippen molar-refractivity contribution < 1.29 is 18.3 Å². The van der Waals surface area contributed by atoms with Crippen molar-refractivity contribution in [3.05, 3.63) is 70.8 Å². The molecule has 2 aromatic rings. The van der Waals surface area contributed by atoms with E-state index in [-0.39, 0.29) is 23.2 Å². The molecule has 1 aliphatic heterocycles. The van der Waals surface area contributed by atoms with Crippen LogP contribution in [0.4, 0.5) is 8.78 Å². The average Bonchev–Trinajstić information content (AvgIpc) is 3.22. The first-order valence-electron chi connectivity index (χ1n) is 11.1. The Labute approximate surface area is 187 Å². The van der Waals surface area contributed by atoms with Gasteiger partial charge in [0.2, 0.25) is 0 Å². The number of nitrogens with zero attached hydrogens (tertiary/aromatic N) is 1. The standard InChI is InChI=1S/C26H28F2N2O2/c1-31-15-16-9-19(11-20(27)10-16)17-3-4-18-13-25(7-5-21(32-2)6-8-25)26(22(18)12-17)14-23(28)24(29)30-26/h3-4,9-12,14,21H,5-8,13,15H2,1-2H3,(H2,29,30). The van der Waals surface area contributed by atoms with Gasteiger partial charge in [-0.1, -0.05) is 12.1 Å². The van der Waals surface area contributed by atoms with Crippen LogP contribution >= 0.6 is 0 Å². The zero-order valence-electron chi connectivity index (χ0n) is 18.5. The molecular formula is C26H28F2N2O2. The quantitative estimate of drug-likeness (QED) is 0.715. The van der Waals surface area contributed by atoms with Gasteiger partial charge in [-0.2, -0.15) is 0 Å². The lowest BCUT2D eigenvalue weighted by atomic mass is 9.62. The van der Waals surface area contributed by atoms with Crippen LogP contribution in [0.2, 0.25) is 0 Å². The number of ether oxygens (including phenoxy) is 2. The lowest BCUT2D eigenvalue weighted by Crippen LogP contribution is -2.43. The number of nitrogens with two attached hydrogens (primary N) is 1. The monoisotopic (exact) mass is 438 g/mol. The normalized spacial score (nSPS) is 28.8. The van der Waals surface area contributed by atoms with Gasteiger partial charge in [0.25, 0.3) is 0 Å². The van der Waals surface area contributed by atoms with E-state index in [1.165, 1.54) is 12.1 Å². The molecule has 6 heteroatoms. The molecule has 2 N–H and O–H groups in total. The van der Waals surface area contributed by atoms with Crippen LogP contribution in [0.3, 0.4) is 0 Å². The highest BCUT2D eigenvalue weighted by molar-refractivity contribution is 5.98. The summed E-state index contributed by atoms with van der Waals surface area (Å²) in [7, 11) is 3.33. The van der Waals surface area contributed by atoms with E-state index in [0.717, 1.165) is 59.9 Å². The van der Waals surface area contributed by atoms with Crippen LogP contribution in [-0.4, -0.2) is 26.2 Å². The van der Waals surface area contributed by atoms with Crippen molar-refractivity contribution in [3.8, 4) is 11.1 Å². The van der Waals surface area contributed by atoms with Gasteiger partial charge >= 0.3 is 0 Å². The summed E-state index contributed by atoms with van der Waals surface area (Å²) in [5.74, 6) is -0.803. The maximum atomic E-state index is 14.7. The Morgan fingerprint density at radius 3 is 2.50 bits per heavy atom. The average molecular weight is 439 g/mol. The number of aliphatic imine (C=N–C) groups is 1. The van der Waals surface area contributed by atoms with E-state index >= 15 is 0 Å². The molecule has 0 saturated heterocycles. The lowest BCUT2D eigenvalue weighted by Gasteiger charge is -2.45. The maximum absolute atomic E-state index is 14.7. The van der Waals surface area contributed by atoms with Gasteiger partial charge in [0.15, 0.2) is 11.7 Å². The van der Waals surface area contributed by atoms with Crippen molar-refractivity contribution in [1.29, 1.82) is 0 Å². The number of hydrogen-bond acceptors (Lipinski definition) is 4. The molecule has 2 spiro atoms. The number of methoxy groups -OCH3 is 2. The van der Waals surface area contributed by atoms with Crippen molar-refractivity contribution in [1.82, 2.24) is 0 Å². The zero-order valence-corrected chi connectivity index (χ0v) is 18.5. The topological polar surface area (TPSA) is 56.8 Å². The predicted octanol–water partition coefficient (Wildman–Crippen LogP) is 5.19. The first-order valence-corrected chi connectivity index (χ1v) is 11.1. The highest BCUT2D eigenvalue weighted by Crippen LogP contribution is 2.62. The second-order valence-electron chi connectivity index (χ2n) is 9.30. The van der Waals surface area contributed by atoms with E-state index in [2.05, 4.69) is 6.07 Å². The van der Waals surface area contributed by atoms with Crippen molar-refractivity contribution >= 4 is 5.84 Å². The summed E-state index contributed by atoms with van der Waals surface area (Å²) in [6.07, 6.45) is 6.25. The molecule has 1 saturated carbocycles. The number of benzene rings is 2. The second-order valence-corrected chi connectivity index (χ2v) is 9.30. The van der Waals surface area contributed by atoms with Crippen molar-refractivity contribution in [2.75, 3.05) is 14.2 Å². The largest absolute Gasteiger partial charge is 0.382 e. The Morgan fingerprint density at radius 2 is 1.84 bits per heavy atom. The van der Waals surface area contributed by atoms with Crippen molar-refractivity contribution in [2.24, 2.45) is 16.1 Å². The third-order valence-corrected chi connectivity index (χ3v) is 7.56. The van der Waals surface area contributed by atoms with Gasteiger partial charge in [0.1, 0.15) is 11.4 Å². The van der Waals surface area contributed by atoms with E-state index in [1.807, 2.05) is 18.2 Å². The maximum Gasteiger partial charge on any atom is 0.163 e. The van der Waals surface area contributed by atoms with Crippen LogP contribution in [0.5, 0.6) is 0 Å². The number of hydrogen-bond donors (Lipinski definition) is 1. The van der Waals surface area contributed by atoms with Gasteiger partial charge in [0, 0.05) is 19.6 Å². The predicted molar refractivity (Wildman–Crippen MR) is 120 cm³/mol. The fraction of sp³-hybridized carbons (Fsp3) is 0.423. The van der Waals surface area contributed by atoms with Crippen LogP contribution in [0.25, 0.3) is 11.1 Å². The summed E-state index contributed by atoms with van der Waals surface area (Å²) in [6.45, 7) is 0.332. The van der Waals surface area contributed by atoms with Crippen LogP contribution in [-0.2, 0) is 28.0 Å². The molecule has 1 unspecified atom stereocenters. The molecule has 2 aromatic carbocycles. The third-order valence-electron chi connectivity index (χ3n) is 7.56. The smallest absolute Gasteiger partial charge is 0.163 e. The Bertz CT molecular complexity index is 1100. The summed E-state index contributed by atoms with van der Waals surface area (Å²) >= 11 is 0. The minimum atomic E-state index is -0.825. The Kier molecular flexibility index (Phi) is 5.18. The molecular weight excluding hydrogens is 410 g/mol. The Balaban J connectivity index is 1.62. The number of halogens is 2. The molecule has 4 nitrogen and oxygen atoms in total. The van der Waals surface area contributed by atoms with Crippen molar-refractivity contribution in [2.45, 2.75) is 50.4 Å². The molecule has 32 heavy (non-hydrogen) atoms. The van der Waals surface area contributed by atoms with Gasteiger partial charge in [0.05, 0.1) is 12.7 Å². The molecule has 5 rings (SSSR count). The first kappa shape index (κ1) is 21.3. The molecule has 0 amide bonds. The summed E-state index contributed by atoms with van der Waals surface area (Å²) < 4.78 is 39.8. The lowest BCUT2D eigenvalue weighted by molar-refractivity contribution is 0.00815. The minimum Gasteiger partial charge on any atom is -0.382 e. The highest BCUT2D eigenvalue weighted by atomic mass is 19.1. The summed E-state index contributed by atoms with van der Waals surface area (Å²) in [5.41, 5.74) is 9.44. The van der Waals surface area contributed by atoms with Gasteiger partial charge in [-0.25, -0.2) is 13.8 Å². The van der Waals surface area contributed by atoms with Gasteiger partial charge in [-0.3, -0.25) is 0 Å². The Morgan fingerprint density at radius 1 is 1.06 bits per heavy atom. The van der Waals surface area contributed by atoms with E-state index in [1.54, 1.807) is 20.3 Å². The fourth-order valence-electron chi connectivity index (χ4n) is 6.00. The van der Waals surface area contributed by atoms with Crippen LogP contribution in [0.1, 0.15) is 42.4 Å². The number of fused-ring (bicyclic) bond motifs is 3. The van der Waals surface area contributed by atoms with E-state index in [4.69, 9.17) is 20.2 Å². The zero-order chi connectivity index (χ0) is 22.5. The molecule has 0 radical (unpaired) electrons. The van der Waals surface area contributed by atoms with Crippen LogP contribution in [0, 0.1) is 11.2 Å². The Hall–Kier alpha value is -2.57. The molecule has 0 bridgehead atoms. The van der Waals surface area contributed by atoms with Crippen LogP contribution in [0.15, 0.2) is 53.3 Å². The molecule has 1 heterocycles. The summed E-state index contributed by atoms with van der Waals surface area (Å²) in [6, 6.07) is 11.1. The molecule has 0 aromatic heterocycles. The van der Waals surface area contributed by atoms with Gasteiger partial charge in [-0.05, 0) is 90.3 Å². The van der Waals surface area contributed by atoms with Crippen LogP contribution < -0.4 is 5.73 Å². The molecule has 3 aliphatic rings. The summed E-state index contributed by atoms with van der Waals surface area (Å²) in [4.78, 5) is 4.76. The molecule has 2 aliphatic carbocycles. The molecule has 1 atom stereocenters. The highest BCUT2D eigenvalue weighted by Gasteiger charge is 2.59. The third kappa shape index (κ3) is 3.20. The minimum absolute atomic E-state index is 0.0374. The molecule has 1 fully saturated rings. The van der Waals surface area contributed by atoms with Gasteiger partial charge in [-0.15, -0.1) is 0 Å². The van der Waals surface area contributed by atoms with E-state index in [9.17, 15) is 8.78 Å². The van der Waals surface area contributed by atoms with Gasteiger partial charge < -0.3 is 15.2 Å². The van der Waals surface area contributed by atoms with E-state index < -0.39 is 11.4 Å². The SMILES string of the molecule is COCc1cc(F)cc(-c2ccc3c(c2)C2(C=C(F)C(N)=N2)C2(CCC(OC)CC2)C3)c1. The van der Waals surface area contributed by atoms with Crippen molar-refractivity contribution in [3.63, 3.8) is 0 Å². The summed E-state index contributed by atoms with van der Waals surface area (Å²) in [5, 5.41) is 0. The number of amidine groups is 1. The molecule has 168 valence electrons. The second kappa shape index (κ2) is 7.78. The fourth-order valence-corrected chi connectivity index (χ4v) is 6.00. The number of rotatable bonds is 4. The first-order chi connectivity index (χ1) is 15.4. The van der Waals surface area contributed by atoms with E-state index in [0.29, 0.717) is 6.61 Å².